The van der Waals surface area contributed by atoms with Gasteiger partial charge in [-0.3, -0.25) is 5.43 Å². The zero-order valence-electron chi connectivity index (χ0n) is 10.7. The molecule has 2 aromatic heterocycles. The second-order valence-corrected chi connectivity index (χ2v) is 4.23. The standard InChI is InChI=1S/C13H12N6O/c1-8-12(16-13(20)19-17-8)18-15-7-9-6-14-11-5-3-2-4-10(9)11/h2-7,14H,1H3,(H2,16,18,19,20)/b15-7-. The van der Waals surface area contributed by atoms with Crippen molar-refractivity contribution in [1.82, 2.24) is 20.2 Å². The van der Waals surface area contributed by atoms with Gasteiger partial charge in [0.15, 0.2) is 5.82 Å². The third-order valence-corrected chi connectivity index (χ3v) is 2.87. The van der Waals surface area contributed by atoms with Crippen molar-refractivity contribution in [3.8, 4) is 0 Å². The topological polar surface area (TPSA) is 98.8 Å². The Labute approximate surface area is 113 Å². The van der Waals surface area contributed by atoms with Crippen molar-refractivity contribution >= 4 is 22.9 Å². The van der Waals surface area contributed by atoms with E-state index in [2.05, 4.69) is 30.7 Å². The summed E-state index contributed by atoms with van der Waals surface area (Å²) in [7, 11) is 0. The molecule has 2 heterocycles. The minimum atomic E-state index is -0.514. The molecule has 0 atom stereocenters. The number of hydrogen-bond donors (Lipinski definition) is 3. The normalized spacial score (nSPS) is 11.2. The van der Waals surface area contributed by atoms with Crippen molar-refractivity contribution in [2.45, 2.75) is 6.92 Å². The fourth-order valence-electron chi connectivity index (χ4n) is 1.86. The van der Waals surface area contributed by atoms with Gasteiger partial charge in [-0.1, -0.05) is 18.2 Å². The molecule has 3 rings (SSSR count). The van der Waals surface area contributed by atoms with E-state index in [0.717, 1.165) is 16.5 Å². The Kier molecular flexibility index (Phi) is 3.00. The molecule has 1 aromatic carbocycles. The molecule has 7 heteroatoms. The molecule has 0 amide bonds. The number of anilines is 1. The molecule has 0 unspecified atom stereocenters. The second kappa shape index (κ2) is 4.96. The fourth-order valence-corrected chi connectivity index (χ4v) is 1.86. The van der Waals surface area contributed by atoms with Crippen molar-refractivity contribution in [3.63, 3.8) is 0 Å². The van der Waals surface area contributed by atoms with Gasteiger partial charge in [-0.15, -0.1) is 0 Å². The Balaban J connectivity index is 1.84. The number of aromatic amines is 2. The van der Waals surface area contributed by atoms with Crippen LogP contribution in [-0.2, 0) is 0 Å². The van der Waals surface area contributed by atoms with Crippen molar-refractivity contribution in [2.24, 2.45) is 5.10 Å². The number of benzene rings is 1. The Morgan fingerprint density at radius 1 is 1.35 bits per heavy atom. The molecule has 0 bridgehead atoms. The first-order valence-corrected chi connectivity index (χ1v) is 6.02. The van der Waals surface area contributed by atoms with E-state index in [4.69, 9.17) is 0 Å². The van der Waals surface area contributed by atoms with Crippen LogP contribution < -0.4 is 11.1 Å². The summed E-state index contributed by atoms with van der Waals surface area (Å²) in [5.41, 5.74) is 4.77. The Morgan fingerprint density at radius 2 is 2.20 bits per heavy atom. The molecular formula is C13H12N6O. The molecular weight excluding hydrogens is 256 g/mol. The van der Waals surface area contributed by atoms with E-state index >= 15 is 0 Å². The lowest BCUT2D eigenvalue weighted by atomic mass is 10.2. The lowest BCUT2D eigenvalue weighted by Gasteiger charge is -2.00. The van der Waals surface area contributed by atoms with Crippen molar-refractivity contribution in [1.29, 1.82) is 0 Å². The van der Waals surface area contributed by atoms with Crippen molar-refractivity contribution < 1.29 is 0 Å². The molecule has 0 aliphatic heterocycles. The maximum absolute atomic E-state index is 11.1. The predicted molar refractivity (Wildman–Crippen MR) is 76.9 cm³/mol. The summed E-state index contributed by atoms with van der Waals surface area (Å²) in [5, 5.41) is 11.2. The molecule has 0 radical (unpaired) electrons. The van der Waals surface area contributed by atoms with Gasteiger partial charge in [0, 0.05) is 22.7 Å². The van der Waals surface area contributed by atoms with E-state index in [1.807, 2.05) is 30.5 Å². The lowest BCUT2D eigenvalue weighted by molar-refractivity contribution is 0.879. The monoisotopic (exact) mass is 268 g/mol. The highest BCUT2D eigenvalue weighted by molar-refractivity contribution is 5.99. The molecule has 0 aliphatic rings. The average Bonchev–Trinajstić information content (AvgIpc) is 2.86. The van der Waals surface area contributed by atoms with Gasteiger partial charge in [0.1, 0.15) is 5.69 Å². The molecule has 0 aliphatic carbocycles. The average molecular weight is 268 g/mol. The van der Waals surface area contributed by atoms with Crippen LogP contribution in [-0.4, -0.2) is 26.4 Å². The first kappa shape index (κ1) is 12.1. The SMILES string of the molecule is Cc1n[nH]c(=O)nc1N/N=C\c1c[nH]c2ccccc12. The van der Waals surface area contributed by atoms with E-state index < -0.39 is 5.69 Å². The van der Waals surface area contributed by atoms with Gasteiger partial charge in [-0.25, -0.2) is 9.89 Å². The zero-order chi connectivity index (χ0) is 13.9. The van der Waals surface area contributed by atoms with E-state index in [-0.39, 0.29) is 0 Å². The molecule has 3 N–H and O–H groups in total. The summed E-state index contributed by atoms with van der Waals surface area (Å²) in [6.07, 6.45) is 3.54. The van der Waals surface area contributed by atoms with Crippen LogP contribution >= 0.6 is 0 Å². The van der Waals surface area contributed by atoms with Crippen LogP contribution in [0.15, 0.2) is 40.4 Å². The number of hydrazone groups is 1. The van der Waals surface area contributed by atoms with Gasteiger partial charge in [-0.2, -0.15) is 15.2 Å². The van der Waals surface area contributed by atoms with Crippen LogP contribution in [0.3, 0.4) is 0 Å². The zero-order valence-corrected chi connectivity index (χ0v) is 10.7. The van der Waals surface area contributed by atoms with Gasteiger partial charge >= 0.3 is 5.69 Å². The number of rotatable bonds is 3. The Bertz CT molecular complexity index is 832. The lowest BCUT2D eigenvalue weighted by Crippen LogP contribution is -2.15. The highest BCUT2D eigenvalue weighted by atomic mass is 16.1. The fraction of sp³-hybridized carbons (Fsp3) is 0.0769. The number of nitrogens with zero attached hydrogens (tertiary/aromatic N) is 3. The molecule has 20 heavy (non-hydrogen) atoms. The van der Waals surface area contributed by atoms with Gasteiger partial charge < -0.3 is 4.98 Å². The molecule has 7 nitrogen and oxygen atoms in total. The highest BCUT2D eigenvalue weighted by Crippen LogP contribution is 2.15. The summed E-state index contributed by atoms with van der Waals surface area (Å²) in [4.78, 5) is 18.0. The van der Waals surface area contributed by atoms with Crippen LogP contribution in [0.4, 0.5) is 5.82 Å². The molecule has 0 saturated carbocycles. The van der Waals surface area contributed by atoms with Crippen LogP contribution in [0.1, 0.15) is 11.3 Å². The second-order valence-electron chi connectivity index (χ2n) is 4.23. The quantitative estimate of drug-likeness (QED) is 0.494. The van der Waals surface area contributed by atoms with Crippen molar-refractivity contribution in [2.75, 3.05) is 5.43 Å². The van der Waals surface area contributed by atoms with E-state index in [1.165, 1.54) is 0 Å². The molecule has 0 saturated heterocycles. The summed E-state index contributed by atoms with van der Waals surface area (Å²) < 4.78 is 0. The third kappa shape index (κ3) is 2.28. The number of fused-ring (bicyclic) bond motifs is 1. The molecule has 0 spiro atoms. The van der Waals surface area contributed by atoms with Gasteiger partial charge in [0.25, 0.3) is 0 Å². The Morgan fingerprint density at radius 3 is 3.10 bits per heavy atom. The Hall–Kier alpha value is -2.96. The minimum absolute atomic E-state index is 0.338. The largest absolute Gasteiger partial charge is 0.363 e. The first-order chi connectivity index (χ1) is 9.74. The molecule has 3 aromatic rings. The maximum atomic E-state index is 11.1. The van der Waals surface area contributed by atoms with Crippen LogP contribution in [0.25, 0.3) is 10.9 Å². The summed E-state index contributed by atoms with van der Waals surface area (Å²) in [6, 6.07) is 7.93. The number of nitrogens with one attached hydrogen (secondary N) is 3. The third-order valence-electron chi connectivity index (χ3n) is 2.87. The van der Waals surface area contributed by atoms with Gasteiger partial charge in [-0.05, 0) is 13.0 Å². The van der Waals surface area contributed by atoms with E-state index in [9.17, 15) is 4.79 Å². The number of hydrogen-bond acceptors (Lipinski definition) is 5. The highest BCUT2D eigenvalue weighted by Gasteiger charge is 2.02. The number of H-pyrrole nitrogens is 2. The predicted octanol–water partition coefficient (Wildman–Crippen LogP) is 1.40. The van der Waals surface area contributed by atoms with Crippen molar-refractivity contribution in [3.05, 3.63) is 52.2 Å². The van der Waals surface area contributed by atoms with E-state index in [1.54, 1.807) is 13.1 Å². The number of aryl methyl sites for hydroxylation is 1. The van der Waals surface area contributed by atoms with Gasteiger partial charge in [0.2, 0.25) is 0 Å². The minimum Gasteiger partial charge on any atom is -0.361 e. The molecule has 0 fully saturated rings. The van der Waals surface area contributed by atoms with Crippen LogP contribution in [0.5, 0.6) is 0 Å². The molecule has 100 valence electrons. The number of aromatic nitrogens is 4. The smallest absolute Gasteiger partial charge is 0.361 e. The summed E-state index contributed by atoms with van der Waals surface area (Å²) in [6.45, 7) is 1.73. The summed E-state index contributed by atoms with van der Waals surface area (Å²) >= 11 is 0. The first-order valence-electron chi connectivity index (χ1n) is 6.02. The van der Waals surface area contributed by atoms with Gasteiger partial charge in [0.05, 0.1) is 6.21 Å². The van der Waals surface area contributed by atoms with Crippen LogP contribution in [0.2, 0.25) is 0 Å². The number of para-hydroxylation sites is 1. The van der Waals surface area contributed by atoms with Crippen LogP contribution in [0, 0.1) is 6.92 Å². The summed E-state index contributed by atoms with van der Waals surface area (Å²) in [5.74, 6) is 0.338. The van der Waals surface area contributed by atoms with E-state index in [0.29, 0.717) is 11.5 Å². The maximum Gasteiger partial charge on any atom is 0.363 e.